The van der Waals surface area contributed by atoms with E-state index in [9.17, 15) is 14.7 Å². The Morgan fingerprint density at radius 1 is 0.892 bits per heavy atom. The highest BCUT2D eigenvalue weighted by atomic mass is 16.5. The van der Waals surface area contributed by atoms with Crippen LogP contribution in [0, 0.1) is 0 Å². The van der Waals surface area contributed by atoms with Crippen molar-refractivity contribution in [3.63, 3.8) is 0 Å². The lowest BCUT2D eigenvalue weighted by Crippen LogP contribution is -2.41. The minimum atomic E-state index is -0.910. The molecular formula is C32H37NO4. The standard InChI is InChI=1S/C32H37NO4/c1-32(2,31(35)36)27-18-16-24(17-19-27)10-9-15-29(34)33-22-20-28(21-23-33)37-30(25-11-5-3-6-12-25)26-13-7-4-8-14-26/h3-8,11-14,16-19,28,30H,9-10,15,20-23H2,1-2H3,(H,35,36). The number of rotatable bonds is 10. The van der Waals surface area contributed by atoms with Crippen LogP contribution in [0.4, 0.5) is 0 Å². The predicted octanol–water partition coefficient (Wildman–Crippen LogP) is 6.17. The minimum absolute atomic E-state index is 0.109. The van der Waals surface area contributed by atoms with Gasteiger partial charge in [0.05, 0.1) is 11.5 Å². The molecule has 37 heavy (non-hydrogen) atoms. The Kier molecular flexibility index (Phi) is 8.78. The molecule has 0 unspecified atom stereocenters. The molecule has 194 valence electrons. The van der Waals surface area contributed by atoms with E-state index in [-0.39, 0.29) is 18.1 Å². The first-order valence-corrected chi connectivity index (χ1v) is 13.2. The molecule has 5 heteroatoms. The second-order valence-corrected chi connectivity index (χ2v) is 10.4. The Labute approximate surface area is 220 Å². The molecule has 0 spiro atoms. The van der Waals surface area contributed by atoms with Crippen LogP contribution in [0.2, 0.25) is 0 Å². The number of carbonyl (C=O) groups is 2. The number of ether oxygens (including phenoxy) is 1. The first-order chi connectivity index (χ1) is 17.8. The van der Waals surface area contributed by atoms with Crippen LogP contribution >= 0.6 is 0 Å². The van der Waals surface area contributed by atoms with Crippen LogP contribution < -0.4 is 0 Å². The van der Waals surface area contributed by atoms with Gasteiger partial charge in [0.2, 0.25) is 5.91 Å². The Balaban J connectivity index is 1.25. The number of benzene rings is 3. The zero-order chi connectivity index (χ0) is 26.3. The van der Waals surface area contributed by atoms with Crippen molar-refractivity contribution in [2.75, 3.05) is 13.1 Å². The number of aliphatic carboxylic acids is 1. The molecule has 1 aliphatic rings. The van der Waals surface area contributed by atoms with E-state index in [0.29, 0.717) is 6.42 Å². The fraction of sp³-hybridized carbons (Fsp3) is 0.375. The van der Waals surface area contributed by atoms with E-state index in [1.807, 2.05) is 65.6 Å². The smallest absolute Gasteiger partial charge is 0.313 e. The van der Waals surface area contributed by atoms with Gasteiger partial charge in [-0.2, -0.15) is 0 Å². The van der Waals surface area contributed by atoms with Gasteiger partial charge in [-0.3, -0.25) is 9.59 Å². The first kappa shape index (κ1) is 26.6. The monoisotopic (exact) mass is 499 g/mol. The number of carboxylic acid groups (broad SMARTS) is 1. The molecule has 1 aliphatic heterocycles. The van der Waals surface area contributed by atoms with Gasteiger partial charge in [-0.1, -0.05) is 84.9 Å². The number of nitrogens with zero attached hydrogens (tertiary/aromatic N) is 1. The molecule has 4 rings (SSSR count). The van der Waals surface area contributed by atoms with Crippen molar-refractivity contribution in [2.45, 2.75) is 63.6 Å². The second-order valence-electron chi connectivity index (χ2n) is 10.4. The highest BCUT2D eigenvalue weighted by Gasteiger charge is 2.29. The van der Waals surface area contributed by atoms with Crippen LogP contribution in [0.25, 0.3) is 0 Å². The number of hydrogen-bond acceptors (Lipinski definition) is 3. The lowest BCUT2D eigenvalue weighted by molar-refractivity contribution is -0.142. The number of piperidine rings is 1. The number of aryl methyl sites for hydroxylation is 1. The molecule has 0 radical (unpaired) electrons. The van der Waals surface area contributed by atoms with Gasteiger partial charge < -0.3 is 14.7 Å². The number of amides is 1. The number of carbonyl (C=O) groups excluding carboxylic acids is 1. The lowest BCUT2D eigenvalue weighted by atomic mass is 9.84. The molecule has 1 heterocycles. The maximum absolute atomic E-state index is 12.8. The van der Waals surface area contributed by atoms with Crippen molar-refractivity contribution in [3.8, 4) is 0 Å². The average Bonchev–Trinajstić information content (AvgIpc) is 2.93. The number of likely N-dealkylation sites (tertiary alicyclic amines) is 1. The molecule has 5 nitrogen and oxygen atoms in total. The van der Waals surface area contributed by atoms with Crippen molar-refractivity contribution >= 4 is 11.9 Å². The van der Waals surface area contributed by atoms with Crippen molar-refractivity contribution in [3.05, 3.63) is 107 Å². The summed E-state index contributed by atoms with van der Waals surface area (Å²) >= 11 is 0. The van der Waals surface area contributed by atoms with Crippen LogP contribution in [0.1, 0.15) is 67.9 Å². The Morgan fingerprint density at radius 2 is 1.43 bits per heavy atom. The summed E-state index contributed by atoms with van der Waals surface area (Å²) in [5.41, 5.74) is 3.29. The van der Waals surface area contributed by atoms with E-state index < -0.39 is 11.4 Å². The number of carboxylic acids is 1. The molecule has 0 atom stereocenters. The third kappa shape index (κ3) is 6.86. The minimum Gasteiger partial charge on any atom is -0.481 e. The highest BCUT2D eigenvalue weighted by molar-refractivity contribution is 5.80. The van der Waals surface area contributed by atoms with Crippen LogP contribution in [0.3, 0.4) is 0 Å². The van der Waals surface area contributed by atoms with Gasteiger partial charge in [-0.25, -0.2) is 0 Å². The van der Waals surface area contributed by atoms with Crippen LogP contribution in [-0.2, 0) is 26.2 Å². The quantitative estimate of drug-likeness (QED) is 0.362. The summed E-state index contributed by atoms with van der Waals surface area (Å²) in [6.45, 7) is 4.86. The molecule has 0 aromatic heterocycles. The summed E-state index contributed by atoms with van der Waals surface area (Å²) in [4.78, 5) is 26.3. The highest BCUT2D eigenvalue weighted by Crippen LogP contribution is 2.30. The van der Waals surface area contributed by atoms with E-state index in [1.165, 1.54) is 0 Å². The molecular weight excluding hydrogens is 462 g/mol. The summed E-state index contributed by atoms with van der Waals surface area (Å²) in [7, 11) is 0. The second kappa shape index (κ2) is 12.2. The van der Waals surface area contributed by atoms with E-state index in [1.54, 1.807) is 13.8 Å². The maximum atomic E-state index is 12.8. The maximum Gasteiger partial charge on any atom is 0.313 e. The topological polar surface area (TPSA) is 66.8 Å². The van der Waals surface area contributed by atoms with Crippen molar-refractivity contribution in [1.29, 1.82) is 0 Å². The molecule has 1 amide bonds. The third-order valence-electron chi connectivity index (χ3n) is 7.39. The van der Waals surface area contributed by atoms with Crippen LogP contribution in [0.5, 0.6) is 0 Å². The van der Waals surface area contributed by atoms with Gasteiger partial charge in [0.15, 0.2) is 0 Å². The van der Waals surface area contributed by atoms with E-state index in [0.717, 1.165) is 61.0 Å². The molecule has 0 saturated carbocycles. The Morgan fingerprint density at radius 3 is 1.95 bits per heavy atom. The summed E-state index contributed by atoms with van der Waals surface area (Å²) in [6.07, 6.45) is 3.77. The summed E-state index contributed by atoms with van der Waals surface area (Å²) < 4.78 is 6.60. The Hall–Kier alpha value is -3.44. The largest absolute Gasteiger partial charge is 0.481 e. The van der Waals surface area contributed by atoms with Crippen molar-refractivity contribution < 1.29 is 19.4 Å². The SMILES string of the molecule is CC(C)(C(=O)O)c1ccc(CCCC(=O)N2CCC(OC(c3ccccc3)c3ccccc3)CC2)cc1. The van der Waals surface area contributed by atoms with E-state index in [2.05, 4.69) is 24.3 Å². The van der Waals surface area contributed by atoms with Crippen LogP contribution in [-0.4, -0.2) is 41.1 Å². The average molecular weight is 500 g/mol. The summed E-state index contributed by atoms with van der Waals surface area (Å²) in [6, 6.07) is 28.4. The zero-order valence-electron chi connectivity index (χ0n) is 21.8. The van der Waals surface area contributed by atoms with Gasteiger partial charge in [0.1, 0.15) is 6.10 Å². The zero-order valence-corrected chi connectivity index (χ0v) is 21.8. The molecule has 1 fully saturated rings. The van der Waals surface area contributed by atoms with Crippen LogP contribution in [0.15, 0.2) is 84.9 Å². The normalized spacial score (nSPS) is 14.6. The van der Waals surface area contributed by atoms with Crippen molar-refractivity contribution in [1.82, 2.24) is 4.90 Å². The van der Waals surface area contributed by atoms with E-state index >= 15 is 0 Å². The fourth-order valence-corrected chi connectivity index (χ4v) is 4.85. The molecule has 1 saturated heterocycles. The Bertz CT molecular complexity index is 1110. The summed E-state index contributed by atoms with van der Waals surface area (Å²) in [5, 5.41) is 9.40. The fourth-order valence-electron chi connectivity index (χ4n) is 4.85. The third-order valence-corrected chi connectivity index (χ3v) is 7.39. The van der Waals surface area contributed by atoms with E-state index in [4.69, 9.17) is 4.74 Å². The molecule has 1 N–H and O–H groups in total. The molecule has 0 bridgehead atoms. The molecule has 3 aromatic rings. The predicted molar refractivity (Wildman–Crippen MR) is 145 cm³/mol. The molecule has 3 aromatic carbocycles. The van der Waals surface area contributed by atoms with Gasteiger partial charge in [-0.15, -0.1) is 0 Å². The lowest BCUT2D eigenvalue weighted by Gasteiger charge is -2.34. The van der Waals surface area contributed by atoms with Gasteiger partial charge in [0.25, 0.3) is 0 Å². The van der Waals surface area contributed by atoms with Gasteiger partial charge in [-0.05, 0) is 61.8 Å². The van der Waals surface area contributed by atoms with Gasteiger partial charge >= 0.3 is 5.97 Å². The summed E-state index contributed by atoms with van der Waals surface area (Å²) in [5.74, 6) is -0.639. The first-order valence-electron chi connectivity index (χ1n) is 13.2. The molecule has 0 aliphatic carbocycles. The van der Waals surface area contributed by atoms with Gasteiger partial charge in [0, 0.05) is 19.5 Å². The van der Waals surface area contributed by atoms with Crippen molar-refractivity contribution in [2.24, 2.45) is 0 Å². The number of hydrogen-bond donors (Lipinski definition) is 1.